The van der Waals surface area contributed by atoms with Gasteiger partial charge in [0.1, 0.15) is 5.92 Å². The van der Waals surface area contributed by atoms with E-state index in [4.69, 9.17) is 9.47 Å². The molecule has 0 aromatic heterocycles. The Morgan fingerprint density at radius 2 is 2.13 bits per heavy atom. The van der Waals surface area contributed by atoms with Crippen molar-refractivity contribution in [2.75, 3.05) is 19.0 Å². The van der Waals surface area contributed by atoms with Gasteiger partial charge in [0, 0.05) is 10.2 Å². The van der Waals surface area contributed by atoms with Crippen LogP contribution < -0.4 is 5.32 Å². The molecule has 2 rings (SSSR count). The van der Waals surface area contributed by atoms with Gasteiger partial charge in [-0.1, -0.05) is 15.9 Å². The maximum Gasteiger partial charge on any atom is 0.332 e. The number of rotatable bonds is 3. The first-order valence-corrected chi connectivity index (χ1v) is 8.00. The Hall–Kier alpha value is -1.89. The van der Waals surface area contributed by atoms with Crippen LogP contribution in [-0.4, -0.2) is 36.9 Å². The topological polar surface area (TPSA) is 77.0 Å². The van der Waals surface area contributed by atoms with Gasteiger partial charge in [-0.2, -0.15) is 0 Å². The van der Waals surface area contributed by atoms with E-state index in [0.717, 1.165) is 4.47 Å². The zero-order chi connectivity index (χ0) is 17.2. The summed E-state index contributed by atoms with van der Waals surface area (Å²) in [5, 5.41) is 3.14. The van der Waals surface area contributed by atoms with E-state index in [-0.39, 0.29) is 6.61 Å². The number of benzene rings is 1. The van der Waals surface area contributed by atoms with Gasteiger partial charge in [-0.3, -0.25) is 9.79 Å². The van der Waals surface area contributed by atoms with Crippen LogP contribution in [0.5, 0.6) is 0 Å². The Morgan fingerprint density at radius 1 is 1.43 bits per heavy atom. The van der Waals surface area contributed by atoms with Crippen molar-refractivity contribution in [3.8, 4) is 0 Å². The van der Waals surface area contributed by atoms with Crippen LogP contribution in [0.15, 0.2) is 27.7 Å². The molecule has 2 atom stereocenters. The minimum atomic E-state index is -1.32. The van der Waals surface area contributed by atoms with Gasteiger partial charge in [-0.15, -0.1) is 0 Å². The van der Waals surface area contributed by atoms with E-state index in [1.54, 1.807) is 26.8 Å². The molecule has 0 aliphatic carbocycles. The SMILES string of the molecule is CCOC(=O)C1(C)Nc2cc(Br)ccc2N=C(C)C1C(=O)OC. The molecular formula is C16H19BrN2O4. The highest BCUT2D eigenvalue weighted by molar-refractivity contribution is 9.10. The van der Waals surface area contributed by atoms with Crippen molar-refractivity contribution in [1.29, 1.82) is 0 Å². The highest BCUT2D eigenvalue weighted by Gasteiger charge is 2.50. The monoisotopic (exact) mass is 382 g/mol. The second-order valence-corrected chi connectivity index (χ2v) is 6.33. The number of ether oxygens (including phenoxy) is 2. The van der Waals surface area contributed by atoms with E-state index in [1.807, 2.05) is 12.1 Å². The first-order valence-electron chi connectivity index (χ1n) is 7.21. The quantitative estimate of drug-likeness (QED) is 0.812. The van der Waals surface area contributed by atoms with Gasteiger partial charge < -0.3 is 14.8 Å². The number of fused-ring (bicyclic) bond motifs is 1. The molecule has 0 spiro atoms. The molecule has 0 saturated carbocycles. The van der Waals surface area contributed by atoms with Crippen molar-refractivity contribution >= 4 is 45.0 Å². The number of carbonyl (C=O) groups excluding carboxylic acids is 2. The number of carbonyl (C=O) groups is 2. The highest BCUT2D eigenvalue weighted by atomic mass is 79.9. The molecule has 0 amide bonds. The first-order chi connectivity index (χ1) is 10.8. The summed E-state index contributed by atoms with van der Waals surface area (Å²) in [6.07, 6.45) is 0. The minimum absolute atomic E-state index is 0.214. The average molecular weight is 383 g/mol. The normalized spacial score (nSPS) is 23.0. The highest BCUT2D eigenvalue weighted by Crippen LogP contribution is 2.38. The van der Waals surface area contributed by atoms with Crippen LogP contribution >= 0.6 is 15.9 Å². The smallest absolute Gasteiger partial charge is 0.332 e. The molecule has 7 heteroatoms. The number of halogens is 1. The Labute approximate surface area is 143 Å². The van der Waals surface area contributed by atoms with Crippen molar-refractivity contribution in [1.82, 2.24) is 0 Å². The summed E-state index contributed by atoms with van der Waals surface area (Å²) in [6.45, 7) is 5.27. The Morgan fingerprint density at radius 3 is 2.74 bits per heavy atom. The third-order valence-electron chi connectivity index (χ3n) is 3.78. The van der Waals surface area contributed by atoms with Crippen molar-refractivity contribution in [2.45, 2.75) is 26.3 Å². The fraction of sp³-hybridized carbons (Fsp3) is 0.438. The molecule has 1 aliphatic rings. The number of hydrogen-bond acceptors (Lipinski definition) is 6. The van der Waals surface area contributed by atoms with Crippen LogP contribution in [-0.2, 0) is 19.1 Å². The third-order valence-corrected chi connectivity index (χ3v) is 4.27. The molecular weight excluding hydrogens is 364 g/mol. The molecule has 1 aromatic carbocycles. The summed E-state index contributed by atoms with van der Waals surface area (Å²) in [4.78, 5) is 29.4. The summed E-state index contributed by atoms with van der Waals surface area (Å²) < 4.78 is 10.9. The van der Waals surface area contributed by atoms with E-state index >= 15 is 0 Å². The van der Waals surface area contributed by atoms with Gasteiger partial charge >= 0.3 is 11.9 Å². The minimum Gasteiger partial charge on any atom is -0.468 e. The lowest BCUT2D eigenvalue weighted by molar-refractivity contribution is -0.156. The van der Waals surface area contributed by atoms with E-state index in [1.165, 1.54) is 7.11 Å². The maximum atomic E-state index is 12.6. The molecule has 23 heavy (non-hydrogen) atoms. The molecule has 0 fully saturated rings. The molecule has 1 N–H and O–H groups in total. The summed E-state index contributed by atoms with van der Waals surface area (Å²) in [5.74, 6) is -1.96. The Balaban J connectivity index is 2.62. The van der Waals surface area contributed by atoms with Crippen LogP contribution in [0.3, 0.4) is 0 Å². The number of hydrogen-bond donors (Lipinski definition) is 1. The molecule has 0 radical (unpaired) electrons. The van der Waals surface area contributed by atoms with Gasteiger partial charge in [0.25, 0.3) is 0 Å². The van der Waals surface area contributed by atoms with E-state index in [9.17, 15) is 9.59 Å². The zero-order valence-corrected chi connectivity index (χ0v) is 15.1. The lowest BCUT2D eigenvalue weighted by atomic mass is 9.82. The van der Waals surface area contributed by atoms with Crippen molar-refractivity contribution in [3.63, 3.8) is 0 Å². The number of methoxy groups -OCH3 is 1. The summed E-state index contributed by atoms with van der Waals surface area (Å²) in [6, 6.07) is 5.46. The number of nitrogens with one attached hydrogen (secondary N) is 1. The second-order valence-electron chi connectivity index (χ2n) is 5.42. The maximum absolute atomic E-state index is 12.6. The molecule has 1 aliphatic heterocycles. The van der Waals surface area contributed by atoms with Gasteiger partial charge in [-0.05, 0) is 39.0 Å². The van der Waals surface area contributed by atoms with Gasteiger partial charge in [0.15, 0.2) is 5.54 Å². The average Bonchev–Trinajstić information content (AvgIpc) is 2.60. The Bertz CT molecular complexity index is 674. The molecule has 1 heterocycles. The summed E-state index contributed by atoms with van der Waals surface area (Å²) in [7, 11) is 1.29. The number of anilines is 1. The molecule has 2 unspecified atom stereocenters. The Kier molecular flexibility index (Phi) is 5.09. The first kappa shape index (κ1) is 17.5. The summed E-state index contributed by atoms with van der Waals surface area (Å²) in [5.41, 5.74) is 0.456. The summed E-state index contributed by atoms with van der Waals surface area (Å²) >= 11 is 3.40. The van der Waals surface area contributed by atoms with E-state index < -0.39 is 23.4 Å². The number of nitrogens with zero attached hydrogens (tertiary/aromatic N) is 1. The predicted molar refractivity (Wildman–Crippen MR) is 91.1 cm³/mol. The lowest BCUT2D eigenvalue weighted by Crippen LogP contribution is -2.56. The fourth-order valence-electron chi connectivity index (χ4n) is 2.70. The molecule has 0 bridgehead atoms. The van der Waals surface area contributed by atoms with Crippen molar-refractivity contribution in [2.24, 2.45) is 10.9 Å². The van der Waals surface area contributed by atoms with E-state index in [2.05, 4.69) is 26.2 Å². The van der Waals surface area contributed by atoms with Gasteiger partial charge in [0.05, 0.1) is 25.1 Å². The van der Waals surface area contributed by atoms with Gasteiger partial charge in [-0.25, -0.2) is 4.79 Å². The standard InChI is InChI=1S/C16H19BrN2O4/c1-5-23-15(21)16(3)13(14(20)22-4)9(2)18-11-7-6-10(17)8-12(11)19-16/h6-8,13,19H,5H2,1-4H3. The fourth-order valence-corrected chi connectivity index (χ4v) is 3.07. The predicted octanol–water partition coefficient (Wildman–Crippen LogP) is 3.08. The van der Waals surface area contributed by atoms with Crippen LogP contribution in [0.4, 0.5) is 11.4 Å². The largest absolute Gasteiger partial charge is 0.468 e. The van der Waals surface area contributed by atoms with Crippen LogP contribution in [0.25, 0.3) is 0 Å². The van der Waals surface area contributed by atoms with Crippen molar-refractivity contribution in [3.05, 3.63) is 22.7 Å². The van der Waals surface area contributed by atoms with Crippen molar-refractivity contribution < 1.29 is 19.1 Å². The number of esters is 2. The van der Waals surface area contributed by atoms with E-state index in [0.29, 0.717) is 17.1 Å². The zero-order valence-electron chi connectivity index (χ0n) is 13.5. The third kappa shape index (κ3) is 3.24. The number of aliphatic imine (C=N–C) groups is 1. The second kappa shape index (κ2) is 6.70. The van der Waals surface area contributed by atoms with Crippen LogP contribution in [0.2, 0.25) is 0 Å². The van der Waals surface area contributed by atoms with Crippen LogP contribution in [0.1, 0.15) is 20.8 Å². The molecule has 6 nitrogen and oxygen atoms in total. The lowest BCUT2D eigenvalue weighted by Gasteiger charge is -2.33. The molecule has 0 saturated heterocycles. The molecule has 1 aromatic rings. The van der Waals surface area contributed by atoms with Gasteiger partial charge in [0.2, 0.25) is 0 Å². The molecule has 124 valence electrons. The van der Waals surface area contributed by atoms with Crippen LogP contribution in [0, 0.1) is 5.92 Å².